The number of benzene rings is 1. The number of rotatable bonds is 2. The third kappa shape index (κ3) is 2.88. The van der Waals surface area contributed by atoms with Gasteiger partial charge in [0.05, 0.1) is 11.6 Å². The Kier molecular flexibility index (Phi) is 3.71. The maximum atomic E-state index is 10.8. The van der Waals surface area contributed by atoms with Crippen molar-refractivity contribution >= 4 is 28.0 Å². The molecule has 0 aliphatic heterocycles. The van der Waals surface area contributed by atoms with Crippen LogP contribution < -0.4 is 0 Å². The number of hydrogen-bond donors (Lipinski definition) is 1. The molecule has 0 fully saturated rings. The lowest BCUT2D eigenvalue weighted by molar-refractivity contribution is -0.134. The van der Waals surface area contributed by atoms with Crippen LogP contribution in [0.2, 0.25) is 0 Å². The molecular weight excluding hydrogens is 248 g/mol. The first-order chi connectivity index (χ1) is 6.63. The molecule has 0 unspecified atom stereocenters. The summed E-state index contributed by atoms with van der Waals surface area (Å²) in [6, 6.07) is 4.94. The molecule has 0 saturated carbocycles. The van der Waals surface area contributed by atoms with Crippen molar-refractivity contribution in [1.82, 2.24) is 0 Å². The molecule has 0 saturated heterocycles. The Labute approximate surface area is 90.1 Å². The first-order valence-electron chi connectivity index (χ1n) is 3.88. The molecule has 0 heterocycles. The molecule has 14 heavy (non-hydrogen) atoms. The van der Waals surface area contributed by atoms with Crippen LogP contribution in [0.1, 0.15) is 5.56 Å². The van der Waals surface area contributed by atoms with Crippen LogP contribution in [-0.2, 0) is 9.53 Å². The molecule has 1 aromatic carbocycles. The van der Waals surface area contributed by atoms with Crippen molar-refractivity contribution in [3.63, 3.8) is 0 Å². The normalized spacial score (nSPS) is 10.4. The minimum Gasteiger partial charge on any atom is -0.507 e. The van der Waals surface area contributed by atoms with Gasteiger partial charge in [0.25, 0.3) is 0 Å². The Morgan fingerprint density at radius 3 is 2.86 bits per heavy atom. The second-order valence-corrected chi connectivity index (χ2v) is 3.42. The van der Waals surface area contributed by atoms with Crippen molar-refractivity contribution < 1.29 is 14.6 Å². The number of esters is 1. The number of carbonyl (C=O) groups is 1. The molecule has 1 N–H and O–H groups in total. The van der Waals surface area contributed by atoms with Crippen LogP contribution in [0.15, 0.2) is 28.7 Å². The summed E-state index contributed by atoms with van der Waals surface area (Å²) >= 11 is 3.17. The lowest BCUT2D eigenvalue weighted by Gasteiger charge is -1.97. The zero-order valence-electron chi connectivity index (χ0n) is 7.53. The summed E-state index contributed by atoms with van der Waals surface area (Å²) in [6.07, 6.45) is 2.93. The maximum absolute atomic E-state index is 10.8. The summed E-state index contributed by atoms with van der Waals surface area (Å²) in [7, 11) is 1.32. The number of phenols is 1. The predicted octanol–water partition coefficient (Wildman–Crippen LogP) is 2.34. The fraction of sp³-hybridized carbons (Fsp3) is 0.100. The van der Waals surface area contributed by atoms with Crippen LogP contribution >= 0.6 is 15.9 Å². The molecule has 0 atom stereocenters. The van der Waals surface area contributed by atoms with Crippen LogP contribution in [0.25, 0.3) is 6.08 Å². The van der Waals surface area contributed by atoms with Crippen molar-refractivity contribution in [3.05, 3.63) is 34.3 Å². The number of hydrogen-bond acceptors (Lipinski definition) is 3. The van der Waals surface area contributed by atoms with Crippen molar-refractivity contribution in [1.29, 1.82) is 0 Å². The summed E-state index contributed by atoms with van der Waals surface area (Å²) in [5.41, 5.74) is 0.806. The highest BCUT2D eigenvalue weighted by molar-refractivity contribution is 9.10. The fourth-order valence-corrected chi connectivity index (χ4v) is 1.26. The third-order valence-electron chi connectivity index (χ3n) is 1.58. The van der Waals surface area contributed by atoms with Gasteiger partial charge in [0.1, 0.15) is 5.75 Å². The van der Waals surface area contributed by atoms with E-state index in [2.05, 4.69) is 20.7 Å². The van der Waals surface area contributed by atoms with E-state index in [9.17, 15) is 9.90 Å². The van der Waals surface area contributed by atoms with Gasteiger partial charge in [-0.25, -0.2) is 4.79 Å². The number of aromatic hydroxyl groups is 1. The van der Waals surface area contributed by atoms with Gasteiger partial charge in [-0.05, 0) is 39.7 Å². The standard InChI is InChI=1S/C10H9BrO3/c1-14-10(13)5-3-7-2-4-9(12)8(11)6-7/h2-6,12H,1H3. The molecule has 0 aliphatic carbocycles. The Bertz CT molecular complexity index is 372. The van der Waals surface area contributed by atoms with Crippen LogP contribution in [0.3, 0.4) is 0 Å². The van der Waals surface area contributed by atoms with E-state index < -0.39 is 5.97 Å². The maximum Gasteiger partial charge on any atom is 0.330 e. The quantitative estimate of drug-likeness (QED) is 0.653. The van der Waals surface area contributed by atoms with Crippen LogP contribution in [0.4, 0.5) is 0 Å². The van der Waals surface area contributed by atoms with E-state index in [4.69, 9.17) is 0 Å². The van der Waals surface area contributed by atoms with Crippen LogP contribution in [-0.4, -0.2) is 18.2 Å². The van der Waals surface area contributed by atoms with Gasteiger partial charge in [-0.2, -0.15) is 0 Å². The first-order valence-corrected chi connectivity index (χ1v) is 4.67. The molecule has 0 bridgehead atoms. The minimum atomic E-state index is -0.408. The van der Waals surface area contributed by atoms with Gasteiger partial charge < -0.3 is 9.84 Å². The summed E-state index contributed by atoms with van der Waals surface area (Å²) in [5.74, 6) is -0.241. The highest BCUT2D eigenvalue weighted by Crippen LogP contribution is 2.24. The molecule has 0 amide bonds. The average Bonchev–Trinajstić information content (AvgIpc) is 2.19. The molecular formula is C10H9BrO3. The largest absolute Gasteiger partial charge is 0.507 e. The second kappa shape index (κ2) is 4.81. The van der Waals surface area contributed by atoms with E-state index in [1.807, 2.05) is 0 Å². The topological polar surface area (TPSA) is 46.5 Å². The van der Waals surface area contributed by atoms with Crippen molar-refractivity contribution in [2.24, 2.45) is 0 Å². The summed E-state index contributed by atoms with van der Waals surface area (Å²) < 4.78 is 5.03. The molecule has 0 radical (unpaired) electrons. The predicted molar refractivity (Wildman–Crippen MR) is 56.9 cm³/mol. The molecule has 3 nitrogen and oxygen atoms in total. The van der Waals surface area contributed by atoms with Crippen molar-refractivity contribution in [2.45, 2.75) is 0 Å². The summed E-state index contributed by atoms with van der Waals surface area (Å²) in [6.45, 7) is 0. The molecule has 0 aliphatic rings. The first kappa shape index (κ1) is 10.8. The van der Waals surface area contributed by atoms with E-state index in [1.165, 1.54) is 13.2 Å². The zero-order valence-corrected chi connectivity index (χ0v) is 9.11. The van der Waals surface area contributed by atoms with Gasteiger partial charge >= 0.3 is 5.97 Å². The lowest BCUT2D eigenvalue weighted by Crippen LogP contribution is -1.93. The van der Waals surface area contributed by atoms with Crippen LogP contribution in [0, 0.1) is 0 Å². The van der Waals surface area contributed by atoms with Gasteiger partial charge in [0.2, 0.25) is 0 Å². The number of phenolic OH excluding ortho intramolecular Hbond substituents is 1. The summed E-state index contributed by atoms with van der Waals surface area (Å²) in [4.78, 5) is 10.8. The smallest absolute Gasteiger partial charge is 0.330 e. The van der Waals surface area contributed by atoms with Gasteiger partial charge in [-0.3, -0.25) is 0 Å². The lowest BCUT2D eigenvalue weighted by atomic mass is 10.2. The average molecular weight is 257 g/mol. The van der Waals surface area contributed by atoms with Crippen molar-refractivity contribution in [3.8, 4) is 5.75 Å². The van der Waals surface area contributed by atoms with E-state index in [-0.39, 0.29) is 5.75 Å². The Morgan fingerprint density at radius 2 is 2.29 bits per heavy atom. The number of methoxy groups -OCH3 is 1. The summed E-state index contributed by atoms with van der Waals surface area (Å²) in [5, 5.41) is 9.20. The van der Waals surface area contributed by atoms with E-state index in [0.717, 1.165) is 5.56 Å². The number of ether oxygens (including phenoxy) is 1. The third-order valence-corrected chi connectivity index (χ3v) is 2.22. The molecule has 1 aromatic rings. The van der Waals surface area contributed by atoms with Gasteiger partial charge in [-0.15, -0.1) is 0 Å². The van der Waals surface area contributed by atoms with Gasteiger partial charge in [-0.1, -0.05) is 6.07 Å². The van der Waals surface area contributed by atoms with E-state index in [1.54, 1.807) is 24.3 Å². The highest BCUT2D eigenvalue weighted by atomic mass is 79.9. The Morgan fingerprint density at radius 1 is 1.57 bits per heavy atom. The molecule has 4 heteroatoms. The molecule has 1 rings (SSSR count). The number of carbonyl (C=O) groups excluding carboxylic acids is 1. The fourth-order valence-electron chi connectivity index (χ4n) is 0.859. The van der Waals surface area contributed by atoms with Gasteiger partial charge in [0.15, 0.2) is 0 Å². The minimum absolute atomic E-state index is 0.167. The number of halogens is 1. The van der Waals surface area contributed by atoms with E-state index in [0.29, 0.717) is 4.47 Å². The monoisotopic (exact) mass is 256 g/mol. The second-order valence-electron chi connectivity index (χ2n) is 2.57. The zero-order chi connectivity index (χ0) is 10.6. The SMILES string of the molecule is COC(=O)C=Cc1ccc(O)c(Br)c1. The van der Waals surface area contributed by atoms with E-state index >= 15 is 0 Å². The highest BCUT2D eigenvalue weighted by Gasteiger charge is 1.97. The molecule has 74 valence electrons. The Hall–Kier alpha value is -1.29. The van der Waals surface area contributed by atoms with Crippen LogP contribution in [0.5, 0.6) is 5.75 Å². The molecule has 0 aromatic heterocycles. The molecule has 0 spiro atoms. The Balaban J connectivity index is 2.83. The van der Waals surface area contributed by atoms with Gasteiger partial charge in [0, 0.05) is 6.08 Å². The van der Waals surface area contributed by atoms with Crippen molar-refractivity contribution in [2.75, 3.05) is 7.11 Å².